The lowest BCUT2D eigenvalue weighted by Crippen LogP contribution is -2.22. The molecule has 1 atom stereocenters. The van der Waals surface area contributed by atoms with Crippen molar-refractivity contribution in [1.29, 1.82) is 0 Å². The molecule has 0 bridgehead atoms. The first-order valence-corrected chi connectivity index (χ1v) is 7.43. The van der Waals surface area contributed by atoms with E-state index in [2.05, 4.69) is 27.8 Å². The minimum Gasteiger partial charge on any atom is -0.367 e. The molecule has 2 rings (SSSR count). The minimum absolute atomic E-state index is 0.119. The Bertz CT molecular complexity index is 630. The number of rotatable bonds is 4. The summed E-state index contributed by atoms with van der Waals surface area (Å²) in [5.41, 5.74) is 2.67. The summed E-state index contributed by atoms with van der Waals surface area (Å²) >= 11 is 9.42. The Balaban J connectivity index is 2.35. The Kier molecular flexibility index (Phi) is 4.84. The molecule has 0 spiro atoms. The standard InChI is InChI=1S/C16H15BrClNO/c1-11(12-4-3-5-15(18)9-12)19(2)16-7-6-14(17)8-13(16)10-20/h3-11H,1-2H3. The van der Waals surface area contributed by atoms with Crippen LogP contribution in [0.1, 0.15) is 28.9 Å². The smallest absolute Gasteiger partial charge is 0.152 e. The van der Waals surface area contributed by atoms with Gasteiger partial charge < -0.3 is 4.90 Å². The Morgan fingerprint density at radius 1 is 1.25 bits per heavy atom. The van der Waals surface area contributed by atoms with Crippen molar-refractivity contribution in [2.45, 2.75) is 13.0 Å². The van der Waals surface area contributed by atoms with Crippen molar-refractivity contribution in [3.63, 3.8) is 0 Å². The quantitative estimate of drug-likeness (QED) is 0.712. The van der Waals surface area contributed by atoms with Crippen molar-refractivity contribution in [3.8, 4) is 0 Å². The summed E-state index contributed by atoms with van der Waals surface area (Å²) in [6.45, 7) is 2.09. The summed E-state index contributed by atoms with van der Waals surface area (Å²) in [7, 11) is 1.97. The molecule has 2 aromatic carbocycles. The summed E-state index contributed by atoms with van der Waals surface area (Å²) in [6, 6.07) is 13.6. The van der Waals surface area contributed by atoms with Crippen LogP contribution in [0.3, 0.4) is 0 Å². The van der Waals surface area contributed by atoms with Crippen molar-refractivity contribution in [2.24, 2.45) is 0 Å². The van der Waals surface area contributed by atoms with Crippen LogP contribution in [0.15, 0.2) is 46.9 Å². The van der Waals surface area contributed by atoms with Crippen LogP contribution >= 0.6 is 27.5 Å². The fraction of sp³-hybridized carbons (Fsp3) is 0.188. The monoisotopic (exact) mass is 351 g/mol. The van der Waals surface area contributed by atoms with Gasteiger partial charge in [-0.25, -0.2) is 0 Å². The number of anilines is 1. The van der Waals surface area contributed by atoms with Gasteiger partial charge in [0.05, 0.1) is 6.04 Å². The van der Waals surface area contributed by atoms with Gasteiger partial charge in [0.1, 0.15) is 0 Å². The number of hydrogen-bond donors (Lipinski definition) is 0. The fourth-order valence-corrected chi connectivity index (χ4v) is 2.72. The molecular formula is C16H15BrClNO. The van der Waals surface area contributed by atoms with Gasteiger partial charge in [-0.05, 0) is 42.8 Å². The first kappa shape index (κ1) is 15.1. The lowest BCUT2D eigenvalue weighted by atomic mass is 10.1. The zero-order valence-corrected chi connectivity index (χ0v) is 13.6. The van der Waals surface area contributed by atoms with Crippen molar-refractivity contribution >= 4 is 39.5 Å². The first-order valence-electron chi connectivity index (χ1n) is 6.26. The highest BCUT2D eigenvalue weighted by molar-refractivity contribution is 9.10. The molecule has 0 saturated heterocycles. The Labute approximate surface area is 132 Å². The van der Waals surface area contributed by atoms with Gasteiger partial charge in [-0.1, -0.05) is 39.7 Å². The van der Waals surface area contributed by atoms with E-state index in [1.54, 1.807) is 0 Å². The number of carbonyl (C=O) groups is 1. The van der Waals surface area contributed by atoms with E-state index in [1.807, 2.05) is 49.5 Å². The maximum absolute atomic E-state index is 11.2. The number of hydrogen-bond acceptors (Lipinski definition) is 2. The minimum atomic E-state index is 0.119. The largest absolute Gasteiger partial charge is 0.367 e. The molecule has 0 amide bonds. The molecule has 2 nitrogen and oxygen atoms in total. The molecule has 0 saturated carbocycles. The van der Waals surface area contributed by atoms with E-state index < -0.39 is 0 Å². The van der Waals surface area contributed by atoms with Crippen LogP contribution in [0.25, 0.3) is 0 Å². The molecule has 0 radical (unpaired) electrons. The lowest BCUT2D eigenvalue weighted by Gasteiger charge is -2.28. The van der Waals surface area contributed by atoms with Crippen LogP contribution in [0.5, 0.6) is 0 Å². The predicted octanol–water partition coefficient (Wildman–Crippen LogP) is 5.11. The Hall–Kier alpha value is -1.32. The Morgan fingerprint density at radius 2 is 2.00 bits per heavy atom. The summed E-state index contributed by atoms with van der Waals surface area (Å²) in [4.78, 5) is 13.3. The SMILES string of the molecule is CC(c1cccc(Cl)c1)N(C)c1ccc(Br)cc1C=O. The molecule has 1 unspecified atom stereocenters. The summed E-state index contributed by atoms with van der Waals surface area (Å²) in [5, 5.41) is 0.717. The van der Waals surface area contributed by atoms with E-state index in [9.17, 15) is 4.79 Å². The number of aldehydes is 1. The highest BCUT2D eigenvalue weighted by Gasteiger charge is 2.15. The third-order valence-electron chi connectivity index (χ3n) is 3.41. The average molecular weight is 353 g/mol. The predicted molar refractivity (Wildman–Crippen MR) is 87.8 cm³/mol. The van der Waals surface area contributed by atoms with Gasteiger partial charge in [0.2, 0.25) is 0 Å². The molecule has 20 heavy (non-hydrogen) atoms. The van der Waals surface area contributed by atoms with E-state index >= 15 is 0 Å². The first-order chi connectivity index (χ1) is 9.52. The highest BCUT2D eigenvalue weighted by atomic mass is 79.9. The van der Waals surface area contributed by atoms with Gasteiger partial charge in [-0.15, -0.1) is 0 Å². The van der Waals surface area contributed by atoms with E-state index in [1.165, 1.54) is 0 Å². The average Bonchev–Trinajstić information content (AvgIpc) is 2.45. The van der Waals surface area contributed by atoms with Crippen molar-refractivity contribution < 1.29 is 4.79 Å². The summed E-state index contributed by atoms with van der Waals surface area (Å²) in [5.74, 6) is 0. The second kappa shape index (κ2) is 6.42. The van der Waals surface area contributed by atoms with Crippen LogP contribution in [-0.4, -0.2) is 13.3 Å². The molecule has 0 aromatic heterocycles. The van der Waals surface area contributed by atoms with E-state index in [4.69, 9.17) is 11.6 Å². The van der Waals surface area contributed by atoms with Crippen LogP contribution < -0.4 is 4.90 Å². The van der Waals surface area contributed by atoms with Crippen LogP contribution in [0.4, 0.5) is 5.69 Å². The van der Waals surface area contributed by atoms with Crippen LogP contribution in [0, 0.1) is 0 Å². The van der Waals surface area contributed by atoms with Crippen LogP contribution in [0.2, 0.25) is 5.02 Å². The molecule has 0 aliphatic carbocycles. The van der Waals surface area contributed by atoms with E-state index in [-0.39, 0.29) is 6.04 Å². The maximum atomic E-state index is 11.2. The second-order valence-electron chi connectivity index (χ2n) is 4.66. The molecule has 4 heteroatoms. The molecular weight excluding hydrogens is 338 g/mol. The molecule has 0 aliphatic heterocycles. The van der Waals surface area contributed by atoms with Gasteiger partial charge in [0, 0.05) is 27.8 Å². The summed E-state index contributed by atoms with van der Waals surface area (Å²) in [6.07, 6.45) is 0.876. The van der Waals surface area contributed by atoms with E-state index in [0.29, 0.717) is 10.6 Å². The third kappa shape index (κ3) is 3.22. The molecule has 0 heterocycles. The molecule has 0 aliphatic rings. The van der Waals surface area contributed by atoms with Gasteiger partial charge in [-0.2, -0.15) is 0 Å². The van der Waals surface area contributed by atoms with Crippen molar-refractivity contribution in [3.05, 3.63) is 63.1 Å². The molecule has 2 aromatic rings. The molecule has 104 valence electrons. The maximum Gasteiger partial charge on any atom is 0.152 e. The van der Waals surface area contributed by atoms with Crippen molar-refractivity contribution in [1.82, 2.24) is 0 Å². The van der Waals surface area contributed by atoms with Gasteiger partial charge in [0.15, 0.2) is 6.29 Å². The second-order valence-corrected chi connectivity index (χ2v) is 6.01. The number of halogens is 2. The van der Waals surface area contributed by atoms with Crippen LogP contribution in [-0.2, 0) is 0 Å². The normalized spacial score (nSPS) is 12.0. The zero-order valence-electron chi connectivity index (χ0n) is 11.3. The summed E-state index contributed by atoms with van der Waals surface area (Å²) < 4.78 is 0.896. The number of nitrogens with zero attached hydrogens (tertiary/aromatic N) is 1. The topological polar surface area (TPSA) is 20.3 Å². The van der Waals surface area contributed by atoms with Gasteiger partial charge in [-0.3, -0.25) is 4.79 Å². The van der Waals surface area contributed by atoms with Crippen molar-refractivity contribution in [2.75, 3.05) is 11.9 Å². The molecule has 0 fully saturated rings. The molecule has 0 N–H and O–H groups in total. The zero-order chi connectivity index (χ0) is 14.7. The fourth-order valence-electron chi connectivity index (χ4n) is 2.14. The van der Waals surface area contributed by atoms with E-state index in [0.717, 1.165) is 22.0 Å². The lowest BCUT2D eigenvalue weighted by molar-refractivity contribution is 0.112. The number of benzene rings is 2. The Morgan fingerprint density at radius 3 is 2.65 bits per heavy atom. The third-order valence-corrected chi connectivity index (χ3v) is 4.14. The van der Waals surface area contributed by atoms with Gasteiger partial charge >= 0.3 is 0 Å². The van der Waals surface area contributed by atoms with Gasteiger partial charge in [0.25, 0.3) is 0 Å². The number of carbonyl (C=O) groups excluding carboxylic acids is 1. The highest BCUT2D eigenvalue weighted by Crippen LogP contribution is 2.30.